The van der Waals surface area contributed by atoms with E-state index >= 15 is 0 Å². The van der Waals surface area contributed by atoms with Gasteiger partial charge in [-0.05, 0) is 32.9 Å². The van der Waals surface area contributed by atoms with Gasteiger partial charge in [-0.15, -0.1) is 4.41 Å². The summed E-state index contributed by atoms with van der Waals surface area (Å²) < 4.78 is 29.9. The van der Waals surface area contributed by atoms with Gasteiger partial charge in [-0.1, -0.05) is 18.2 Å². The number of esters is 1. The summed E-state index contributed by atoms with van der Waals surface area (Å²) in [4.78, 5) is 11.6. The third kappa shape index (κ3) is 4.92. The molecule has 0 saturated carbocycles. The molecular formula is C13H20N2O4S. The molecule has 112 valence electrons. The summed E-state index contributed by atoms with van der Waals surface area (Å²) in [5.41, 5.74) is -0.602. The molecule has 6 nitrogen and oxygen atoms in total. The van der Waals surface area contributed by atoms with E-state index in [1.54, 1.807) is 39.0 Å². The Kier molecular flexibility index (Phi) is 5.27. The molecule has 0 amide bonds. The zero-order chi connectivity index (χ0) is 15.4. The third-order valence-electron chi connectivity index (χ3n) is 2.31. The van der Waals surface area contributed by atoms with Crippen LogP contribution in [0.5, 0.6) is 0 Å². The van der Waals surface area contributed by atoms with Crippen molar-refractivity contribution >= 4 is 16.0 Å². The highest BCUT2D eigenvalue weighted by atomic mass is 32.2. The number of hydrogen-bond donors (Lipinski definition) is 1. The Balaban J connectivity index is 2.64. The van der Waals surface area contributed by atoms with Crippen LogP contribution in [-0.4, -0.2) is 30.9 Å². The van der Waals surface area contributed by atoms with E-state index in [-0.39, 0.29) is 17.9 Å². The molecule has 20 heavy (non-hydrogen) atoms. The first-order valence-corrected chi connectivity index (χ1v) is 7.61. The van der Waals surface area contributed by atoms with Crippen LogP contribution >= 0.6 is 0 Å². The van der Waals surface area contributed by atoms with E-state index < -0.39 is 21.6 Å². The number of sulfonamides is 1. The number of nitrogens with two attached hydrogens (primary N) is 1. The van der Waals surface area contributed by atoms with Crippen LogP contribution in [0, 0.1) is 0 Å². The molecule has 0 aliphatic heterocycles. The third-order valence-corrected chi connectivity index (χ3v) is 3.97. The quantitative estimate of drug-likeness (QED) is 0.502. The highest BCUT2D eigenvalue weighted by Crippen LogP contribution is 2.13. The SMILES string of the molecule is CC(C)(C)OC(=O)CCN(N)S(=O)(=O)c1ccccc1. The number of hydrazine groups is 1. The zero-order valence-corrected chi connectivity index (χ0v) is 12.7. The van der Waals surface area contributed by atoms with Crippen molar-refractivity contribution in [1.29, 1.82) is 0 Å². The van der Waals surface area contributed by atoms with E-state index in [1.165, 1.54) is 12.1 Å². The molecule has 1 aromatic carbocycles. The first kappa shape index (κ1) is 16.6. The molecular weight excluding hydrogens is 280 g/mol. The Labute approximate surface area is 119 Å². The molecule has 0 aliphatic carbocycles. The summed E-state index contributed by atoms with van der Waals surface area (Å²) in [7, 11) is -3.78. The lowest BCUT2D eigenvalue weighted by Gasteiger charge is -2.21. The van der Waals surface area contributed by atoms with Crippen LogP contribution in [0.1, 0.15) is 27.2 Å². The number of carbonyl (C=O) groups is 1. The summed E-state index contributed by atoms with van der Waals surface area (Å²) >= 11 is 0. The number of nitrogens with zero attached hydrogens (tertiary/aromatic N) is 1. The second-order valence-electron chi connectivity index (χ2n) is 5.27. The Morgan fingerprint density at radius 3 is 2.30 bits per heavy atom. The summed E-state index contributed by atoms with van der Waals surface area (Å²) in [5, 5.41) is 0. The van der Waals surface area contributed by atoms with Crippen molar-refractivity contribution in [1.82, 2.24) is 4.41 Å². The second kappa shape index (κ2) is 6.34. The number of ether oxygens (including phenoxy) is 1. The Bertz CT molecular complexity index is 549. The van der Waals surface area contributed by atoms with Gasteiger partial charge in [-0.2, -0.15) is 0 Å². The first-order valence-electron chi connectivity index (χ1n) is 6.17. The molecule has 0 aliphatic rings. The minimum absolute atomic E-state index is 0.0895. The summed E-state index contributed by atoms with van der Waals surface area (Å²) in [5.74, 6) is 5.04. The maximum absolute atomic E-state index is 12.1. The minimum atomic E-state index is -3.78. The minimum Gasteiger partial charge on any atom is -0.460 e. The van der Waals surface area contributed by atoms with Gasteiger partial charge < -0.3 is 4.74 Å². The van der Waals surface area contributed by atoms with E-state index in [1.807, 2.05) is 0 Å². The summed E-state index contributed by atoms with van der Waals surface area (Å²) in [6.07, 6.45) is -0.0974. The number of rotatable bonds is 5. The van der Waals surface area contributed by atoms with Crippen molar-refractivity contribution in [2.45, 2.75) is 37.7 Å². The maximum atomic E-state index is 12.1. The van der Waals surface area contributed by atoms with Crippen LogP contribution in [0.15, 0.2) is 35.2 Å². The monoisotopic (exact) mass is 300 g/mol. The average Bonchev–Trinajstić information content (AvgIpc) is 2.35. The molecule has 0 heterocycles. The molecule has 0 spiro atoms. The topological polar surface area (TPSA) is 89.7 Å². The lowest BCUT2D eigenvalue weighted by molar-refractivity contribution is -0.154. The van der Waals surface area contributed by atoms with Crippen LogP contribution in [0.25, 0.3) is 0 Å². The number of benzene rings is 1. The van der Waals surface area contributed by atoms with E-state index in [0.717, 1.165) is 0 Å². The smallest absolute Gasteiger partial charge is 0.307 e. The number of hydrogen-bond acceptors (Lipinski definition) is 5. The van der Waals surface area contributed by atoms with Gasteiger partial charge in [-0.25, -0.2) is 8.42 Å². The van der Waals surface area contributed by atoms with Gasteiger partial charge in [0.25, 0.3) is 10.0 Å². The van der Waals surface area contributed by atoms with E-state index in [2.05, 4.69) is 0 Å². The first-order chi connectivity index (χ1) is 9.13. The molecule has 0 radical (unpaired) electrons. The molecule has 0 atom stereocenters. The van der Waals surface area contributed by atoms with Gasteiger partial charge in [0.2, 0.25) is 0 Å². The lowest BCUT2D eigenvalue weighted by Crippen LogP contribution is -2.39. The Hall–Kier alpha value is -1.44. The number of carbonyl (C=O) groups excluding carboxylic acids is 1. The lowest BCUT2D eigenvalue weighted by atomic mass is 10.2. The van der Waals surface area contributed by atoms with Crippen molar-refractivity contribution < 1.29 is 17.9 Å². The summed E-state index contributed by atoms with van der Waals surface area (Å²) in [6.45, 7) is 5.09. The van der Waals surface area contributed by atoms with Gasteiger partial charge in [0.15, 0.2) is 0 Å². The predicted octanol–water partition coefficient (Wildman–Crippen LogP) is 1.28. The molecule has 0 fully saturated rings. The van der Waals surface area contributed by atoms with E-state index in [9.17, 15) is 13.2 Å². The van der Waals surface area contributed by atoms with E-state index in [0.29, 0.717) is 4.41 Å². The fraction of sp³-hybridized carbons (Fsp3) is 0.462. The highest BCUT2D eigenvalue weighted by Gasteiger charge is 2.23. The van der Waals surface area contributed by atoms with Gasteiger partial charge in [0.05, 0.1) is 11.3 Å². The normalized spacial score (nSPS) is 12.4. The molecule has 0 bridgehead atoms. The fourth-order valence-electron chi connectivity index (χ4n) is 1.44. The Morgan fingerprint density at radius 1 is 1.25 bits per heavy atom. The van der Waals surface area contributed by atoms with Crippen LogP contribution in [0.2, 0.25) is 0 Å². The van der Waals surface area contributed by atoms with Gasteiger partial charge in [0, 0.05) is 6.54 Å². The van der Waals surface area contributed by atoms with Crippen LogP contribution in [0.3, 0.4) is 0 Å². The van der Waals surface area contributed by atoms with Gasteiger partial charge in [0.1, 0.15) is 5.60 Å². The van der Waals surface area contributed by atoms with Crippen molar-refractivity contribution in [3.05, 3.63) is 30.3 Å². The molecule has 2 N–H and O–H groups in total. The van der Waals surface area contributed by atoms with Gasteiger partial charge >= 0.3 is 5.97 Å². The van der Waals surface area contributed by atoms with Crippen molar-refractivity contribution in [2.75, 3.05) is 6.54 Å². The predicted molar refractivity (Wildman–Crippen MR) is 75.0 cm³/mol. The molecule has 1 rings (SSSR count). The molecule has 7 heteroatoms. The van der Waals surface area contributed by atoms with Crippen LogP contribution < -0.4 is 5.84 Å². The standard InChI is InChI=1S/C13H20N2O4S/c1-13(2,3)19-12(16)9-10-15(14)20(17,18)11-7-5-4-6-8-11/h4-8H,9-10,14H2,1-3H3. The molecule has 0 saturated heterocycles. The highest BCUT2D eigenvalue weighted by molar-refractivity contribution is 7.89. The maximum Gasteiger partial charge on any atom is 0.307 e. The van der Waals surface area contributed by atoms with Crippen LogP contribution in [0.4, 0.5) is 0 Å². The largest absolute Gasteiger partial charge is 0.460 e. The van der Waals surface area contributed by atoms with E-state index in [4.69, 9.17) is 10.6 Å². The Morgan fingerprint density at radius 2 is 1.80 bits per heavy atom. The molecule has 0 unspecified atom stereocenters. The summed E-state index contributed by atoms with van der Waals surface area (Å²) in [6, 6.07) is 7.81. The van der Waals surface area contributed by atoms with Crippen molar-refractivity contribution in [3.63, 3.8) is 0 Å². The second-order valence-corrected chi connectivity index (χ2v) is 7.16. The molecule has 1 aromatic rings. The molecule has 0 aromatic heterocycles. The van der Waals surface area contributed by atoms with Crippen LogP contribution in [-0.2, 0) is 19.6 Å². The van der Waals surface area contributed by atoms with Crippen molar-refractivity contribution in [3.8, 4) is 0 Å². The van der Waals surface area contributed by atoms with Crippen molar-refractivity contribution in [2.24, 2.45) is 5.84 Å². The zero-order valence-electron chi connectivity index (χ0n) is 11.9. The average molecular weight is 300 g/mol. The van der Waals surface area contributed by atoms with Gasteiger partial charge in [-0.3, -0.25) is 10.6 Å². The fourth-order valence-corrected chi connectivity index (χ4v) is 2.55.